The minimum atomic E-state index is -0.428. The van der Waals surface area contributed by atoms with E-state index >= 15 is 0 Å². The van der Waals surface area contributed by atoms with Crippen molar-refractivity contribution in [2.75, 3.05) is 10.6 Å². The number of ether oxygens (including phenoxy) is 1. The van der Waals surface area contributed by atoms with Crippen molar-refractivity contribution in [3.63, 3.8) is 0 Å². The van der Waals surface area contributed by atoms with Crippen LogP contribution in [0, 0.1) is 18.3 Å². The van der Waals surface area contributed by atoms with Gasteiger partial charge in [-0.2, -0.15) is 5.26 Å². The van der Waals surface area contributed by atoms with Crippen molar-refractivity contribution in [3.05, 3.63) is 65.9 Å². The van der Waals surface area contributed by atoms with Gasteiger partial charge in [0.25, 0.3) is 0 Å². The van der Waals surface area contributed by atoms with Crippen molar-refractivity contribution in [2.24, 2.45) is 0 Å². The lowest BCUT2D eigenvalue weighted by Crippen LogP contribution is -2.34. The molecular weight excluding hydrogens is 356 g/mol. The zero-order valence-electron chi connectivity index (χ0n) is 15.6. The Morgan fingerprint density at radius 1 is 1.25 bits per heavy atom. The van der Waals surface area contributed by atoms with Gasteiger partial charge in [-0.3, -0.25) is 4.79 Å². The molecule has 28 heavy (non-hydrogen) atoms. The Bertz CT molecular complexity index is 989. The fourth-order valence-electron chi connectivity index (χ4n) is 2.59. The van der Waals surface area contributed by atoms with Crippen LogP contribution in [0.1, 0.15) is 24.7 Å². The highest BCUT2D eigenvalue weighted by molar-refractivity contribution is 5.95. The van der Waals surface area contributed by atoms with E-state index in [9.17, 15) is 4.79 Å². The maximum atomic E-state index is 12.4. The van der Waals surface area contributed by atoms with Crippen molar-refractivity contribution in [2.45, 2.75) is 26.3 Å². The number of carbonyl (C=O) groups is 1. The number of hydrogen-bond acceptors (Lipinski definition) is 6. The van der Waals surface area contributed by atoms with Crippen LogP contribution >= 0.6 is 0 Å². The zero-order chi connectivity index (χ0) is 19.9. The minimum absolute atomic E-state index is 0.195. The van der Waals surface area contributed by atoms with Crippen LogP contribution in [-0.2, 0) is 4.79 Å². The van der Waals surface area contributed by atoms with Crippen molar-refractivity contribution in [1.82, 2.24) is 5.16 Å². The van der Waals surface area contributed by atoms with Crippen LogP contribution in [0.15, 0.2) is 59.1 Å². The van der Waals surface area contributed by atoms with Gasteiger partial charge in [0.2, 0.25) is 5.91 Å². The Kier molecular flexibility index (Phi) is 5.92. The van der Waals surface area contributed by atoms with Crippen LogP contribution in [0.4, 0.5) is 11.5 Å². The summed E-state index contributed by atoms with van der Waals surface area (Å²) in [7, 11) is 0. The number of aromatic nitrogens is 1. The summed E-state index contributed by atoms with van der Waals surface area (Å²) in [6.07, 6.45) is 0.594. The fourth-order valence-corrected chi connectivity index (χ4v) is 2.59. The molecule has 1 aromatic heterocycles. The second-order valence-corrected chi connectivity index (χ2v) is 6.15. The smallest absolute Gasteiger partial charge is 0.248 e. The molecule has 1 atom stereocenters. The monoisotopic (exact) mass is 376 g/mol. The minimum Gasteiger partial charge on any atom is -0.456 e. The summed E-state index contributed by atoms with van der Waals surface area (Å²) < 4.78 is 10.7. The van der Waals surface area contributed by atoms with Gasteiger partial charge in [0, 0.05) is 11.8 Å². The van der Waals surface area contributed by atoms with Gasteiger partial charge in [0.1, 0.15) is 29.4 Å². The number of aryl methyl sites for hydroxylation is 1. The number of amides is 1. The number of hydrogen-bond donors (Lipinski definition) is 2. The predicted molar refractivity (Wildman–Crippen MR) is 105 cm³/mol. The first-order valence-electron chi connectivity index (χ1n) is 8.87. The molecule has 7 heteroatoms. The molecule has 1 amide bonds. The molecule has 0 aliphatic carbocycles. The van der Waals surface area contributed by atoms with Gasteiger partial charge in [-0.25, -0.2) is 0 Å². The largest absolute Gasteiger partial charge is 0.456 e. The van der Waals surface area contributed by atoms with Gasteiger partial charge < -0.3 is 19.9 Å². The second kappa shape index (κ2) is 8.73. The maximum absolute atomic E-state index is 12.4. The van der Waals surface area contributed by atoms with E-state index in [0.29, 0.717) is 35.1 Å². The van der Waals surface area contributed by atoms with Gasteiger partial charge in [-0.1, -0.05) is 24.2 Å². The Hall–Kier alpha value is -3.79. The molecule has 0 aliphatic rings. The number of anilines is 2. The van der Waals surface area contributed by atoms with E-state index in [1.165, 1.54) is 0 Å². The zero-order valence-corrected chi connectivity index (χ0v) is 15.6. The molecule has 1 heterocycles. The van der Waals surface area contributed by atoms with Gasteiger partial charge >= 0.3 is 0 Å². The molecule has 3 aromatic rings. The Labute approximate surface area is 162 Å². The molecule has 0 spiro atoms. The molecule has 3 rings (SSSR count). The van der Waals surface area contributed by atoms with Crippen LogP contribution in [0.3, 0.4) is 0 Å². The third-order valence-electron chi connectivity index (χ3n) is 4.03. The molecule has 2 aromatic carbocycles. The van der Waals surface area contributed by atoms with E-state index in [0.717, 1.165) is 5.69 Å². The third-order valence-corrected chi connectivity index (χ3v) is 4.03. The molecule has 0 bridgehead atoms. The Balaban J connectivity index is 1.63. The van der Waals surface area contributed by atoms with Crippen LogP contribution in [0.2, 0.25) is 0 Å². The molecule has 142 valence electrons. The summed E-state index contributed by atoms with van der Waals surface area (Å²) >= 11 is 0. The number of para-hydroxylation sites is 1. The molecule has 0 saturated heterocycles. The van der Waals surface area contributed by atoms with Crippen LogP contribution in [-0.4, -0.2) is 17.1 Å². The summed E-state index contributed by atoms with van der Waals surface area (Å²) in [6.45, 7) is 3.68. The molecular formula is C21H20N4O3. The maximum Gasteiger partial charge on any atom is 0.248 e. The lowest BCUT2D eigenvalue weighted by Gasteiger charge is -2.17. The summed E-state index contributed by atoms with van der Waals surface area (Å²) in [5.74, 6) is 1.93. The first kappa shape index (κ1) is 19.0. The molecule has 0 fully saturated rings. The van der Waals surface area contributed by atoms with E-state index in [1.807, 2.05) is 25.1 Å². The van der Waals surface area contributed by atoms with Gasteiger partial charge in [-0.15, -0.1) is 0 Å². The molecule has 0 aliphatic heterocycles. The first-order valence-corrected chi connectivity index (χ1v) is 8.87. The van der Waals surface area contributed by atoms with Crippen LogP contribution < -0.4 is 15.4 Å². The van der Waals surface area contributed by atoms with E-state index in [2.05, 4.69) is 21.9 Å². The lowest BCUT2D eigenvalue weighted by atomic mass is 10.2. The SMILES string of the molecule is CCC(Nc1ccc(Oc2ccccc2C#N)cc1)C(=O)Nc1cc(C)on1. The van der Waals surface area contributed by atoms with Gasteiger partial charge in [0.15, 0.2) is 5.82 Å². The predicted octanol–water partition coefficient (Wildman–Crippen LogP) is 4.48. The van der Waals surface area contributed by atoms with E-state index in [-0.39, 0.29) is 5.91 Å². The third kappa shape index (κ3) is 4.68. The Morgan fingerprint density at radius 2 is 2.00 bits per heavy atom. The van der Waals surface area contributed by atoms with Crippen LogP contribution in [0.25, 0.3) is 0 Å². The fraction of sp³-hybridized carbons (Fsp3) is 0.190. The lowest BCUT2D eigenvalue weighted by molar-refractivity contribution is -0.117. The average molecular weight is 376 g/mol. The number of carbonyl (C=O) groups excluding carboxylic acids is 1. The standard InChI is InChI=1S/C21H20N4O3/c1-3-18(21(26)24-20-12-14(2)28-25-20)23-16-8-10-17(11-9-16)27-19-7-5-4-6-15(19)13-22/h4-12,18,23H,3H2,1-2H3,(H,24,25,26). The summed E-state index contributed by atoms with van der Waals surface area (Å²) in [5.41, 5.74) is 1.25. The molecule has 0 saturated carbocycles. The number of benzene rings is 2. The first-order chi connectivity index (χ1) is 13.6. The average Bonchev–Trinajstić information content (AvgIpc) is 3.12. The summed E-state index contributed by atoms with van der Waals surface area (Å²) in [4.78, 5) is 12.4. The van der Waals surface area contributed by atoms with Crippen LogP contribution in [0.5, 0.6) is 11.5 Å². The van der Waals surface area contributed by atoms with E-state index in [4.69, 9.17) is 14.5 Å². The highest BCUT2D eigenvalue weighted by atomic mass is 16.5. The molecule has 1 unspecified atom stereocenters. The van der Waals surface area contributed by atoms with E-state index < -0.39 is 6.04 Å². The number of nitrogens with zero attached hydrogens (tertiary/aromatic N) is 2. The van der Waals surface area contributed by atoms with Crippen molar-refractivity contribution < 1.29 is 14.1 Å². The topological polar surface area (TPSA) is 100 Å². The van der Waals surface area contributed by atoms with Crippen molar-refractivity contribution in [1.29, 1.82) is 5.26 Å². The number of nitrogens with one attached hydrogen (secondary N) is 2. The molecule has 2 N–H and O–H groups in total. The van der Waals surface area contributed by atoms with Gasteiger partial charge in [0.05, 0.1) is 5.56 Å². The Morgan fingerprint density at radius 3 is 2.64 bits per heavy atom. The quantitative estimate of drug-likeness (QED) is 0.631. The van der Waals surface area contributed by atoms with Crippen molar-refractivity contribution in [3.8, 4) is 17.6 Å². The second-order valence-electron chi connectivity index (χ2n) is 6.15. The van der Waals surface area contributed by atoms with Gasteiger partial charge in [-0.05, 0) is 49.7 Å². The number of rotatable bonds is 7. The summed E-state index contributed by atoms with van der Waals surface area (Å²) in [6, 6.07) is 17.6. The normalized spacial score (nSPS) is 11.3. The van der Waals surface area contributed by atoms with Crippen molar-refractivity contribution >= 4 is 17.4 Å². The highest BCUT2D eigenvalue weighted by Gasteiger charge is 2.17. The van der Waals surface area contributed by atoms with E-state index in [1.54, 1.807) is 43.3 Å². The molecule has 0 radical (unpaired) electrons. The molecule has 7 nitrogen and oxygen atoms in total. The highest BCUT2D eigenvalue weighted by Crippen LogP contribution is 2.26. The summed E-state index contributed by atoms with van der Waals surface area (Å²) in [5, 5.41) is 18.8. The number of nitriles is 1.